The fourth-order valence-electron chi connectivity index (χ4n) is 1.52. The van der Waals surface area contributed by atoms with Crippen LogP contribution < -0.4 is 0 Å². The molecule has 0 saturated carbocycles. The number of aliphatic carboxylic acids is 1. The molecule has 22 heavy (non-hydrogen) atoms. The summed E-state index contributed by atoms with van der Waals surface area (Å²) in [6.45, 7) is 3.49. The molecular formula is C16H16O4S2. The molecule has 116 valence electrons. The largest absolute Gasteiger partial charge is 0.478 e. The molecule has 0 aromatic heterocycles. The van der Waals surface area contributed by atoms with Gasteiger partial charge in [0.25, 0.3) is 0 Å². The molecule has 0 heterocycles. The molecule has 0 radical (unpaired) electrons. The summed E-state index contributed by atoms with van der Waals surface area (Å²) in [5.41, 5.74) is 0.381. The molecule has 4 nitrogen and oxygen atoms in total. The van der Waals surface area contributed by atoms with Crippen LogP contribution in [0.1, 0.15) is 24.2 Å². The second kappa shape index (κ2) is 9.17. The SMILES string of the molecule is C\C=C/C=C(SSc1ccccc1C(=O)O)\C(=C/C)C(=O)O. The normalized spacial score (nSPS) is 12.6. The number of hydrogen-bond donors (Lipinski definition) is 2. The molecule has 1 aromatic carbocycles. The quantitative estimate of drug-likeness (QED) is 0.430. The van der Waals surface area contributed by atoms with Gasteiger partial charge in [0, 0.05) is 9.80 Å². The first-order valence-electron chi connectivity index (χ1n) is 6.41. The van der Waals surface area contributed by atoms with Gasteiger partial charge in [-0.25, -0.2) is 9.59 Å². The minimum Gasteiger partial charge on any atom is -0.478 e. The summed E-state index contributed by atoms with van der Waals surface area (Å²) < 4.78 is 0. The molecule has 0 aliphatic rings. The van der Waals surface area contributed by atoms with Crippen molar-refractivity contribution in [3.63, 3.8) is 0 Å². The third-order valence-electron chi connectivity index (χ3n) is 2.56. The van der Waals surface area contributed by atoms with Crippen molar-refractivity contribution in [2.45, 2.75) is 18.7 Å². The standard InChI is InChI=1S/C16H16O4S2/c1-3-5-9-13(11(4-2)15(17)18)21-22-14-10-7-6-8-12(14)16(19)20/h3-10H,1-2H3,(H,17,18)(H,19,20)/b5-3-,11-4+,13-9+. The molecule has 6 heteroatoms. The molecule has 2 N–H and O–H groups in total. The molecule has 0 aliphatic carbocycles. The maximum absolute atomic E-state index is 11.3. The topological polar surface area (TPSA) is 74.6 Å². The van der Waals surface area contributed by atoms with E-state index in [9.17, 15) is 14.7 Å². The predicted octanol–water partition coefficient (Wildman–Crippen LogP) is 4.62. The number of rotatable bonds is 7. The predicted molar refractivity (Wildman–Crippen MR) is 91.1 cm³/mol. The summed E-state index contributed by atoms with van der Waals surface area (Å²) in [6, 6.07) is 6.63. The summed E-state index contributed by atoms with van der Waals surface area (Å²) in [5.74, 6) is -2.02. The highest BCUT2D eigenvalue weighted by Gasteiger charge is 2.15. The van der Waals surface area contributed by atoms with Gasteiger partial charge in [-0.05, 0) is 32.1 Å². The Bertz CT molecular complexity index is 645. The van der Waals surface area contributed by atoms with E-state index < -0.39 is 11.9 Å². The minimum absolute atomic E-state index is 0.184. The number of carbonyl (C=O) groups is 2. The van der Waals surface area contributed by atoms with Crippen molar-refractivity contribution in [2.24, 2.45) is 0 Å². The van der Waals surface area contributed by atoms with Crippen molar-refractivity contribution >= 4 is 33.5 Å². The van der Waals surface area contributed by atoms with Gasteiger partial charge in [0.1, 0.15) is 0 Å². The maximum atomic E-state index is 11.3. The van der Waals surface area contributed by atoms with Gasteiger partial charge in [0.15, 0.2) is 0 Å². The number of hydrogen-bond acceptors (Lipinski definition) is 4. The van der Waals surface area contributed by atoms with Gasteiger partial charge >= 0.3 is 11.9 Å². The Morgan fingerprint density at radius 2 is 1.82 bits per heavy atom. The van der Waals surface area contributed by atoms with Crippen LogP contribution in [-0.4, -0.2) is 22.2 Å². The third-order valence-corrected chi connectivity index (χ3v) is 5.05. The second-order valence-corrected chi connectivity index (χ2v) is 6.25. The van der Waals surface area contributed by atoms with E-state index in [4.69, 9.17) is 5.11 Å². The Morgan fingerprint density at radius 3 is 2.36 bits per heavy atom. The van der Waals surface area contributed by atoms with Crippen LogP contribution in [-0.2, 0) is 4.79 Å². The van der Waals surface area contributed by atoms with E-state index in [1.165, 1.54) is 33.7 Å². The average Bonchev–Trinajstić information content (AvgIpc) is 2.49. The summed E-state index contributed by atoms with van der Waals surface area (Å²) >= 11 is 0. The van der Waals surface area contributed by atoms with Gasteiger partial charge in [0.05, 0.1) is 11.1 Å². The first-order chi connectivity index (χ1) is 10.5. The molecule has 0 fully saturated rings. The Labute approximate surface area is 137 Å². The number of benzene rings is 1. The van der Waals surface area contributed by atoms with Crippen LogP contribution in [0.5, 0.6) is 0 Å². The lowest BCUT2D eigenvalue weighted by Gasteiger charge is -2.08. The van der Waals surface area contributed by atoms with Crippen LogP contribution in [0, 0.1) is 0 Å². The van der Waals surface area contributed by atoms with Gasteiger partial charge in [-0.2, -0.15) is 0 Å². The minimum atomic E-state index is -1.02. The molecule has 0 saturated heterocycles. The molecule has 0 spiro atoms. The van der Waals surface area contributed by atoms with Gasteiger partial charge in [-0.15, -0.1) is 0 Å². The van der Waals surface area contributed by atoms with Gasteiger partial charge in [-0.3, -0.25) is 0 Å². The lowest BCUT2D eigenvalue weighted by molar-refractivity contribution is -0.132. The summed E-state index contributed by atoms with van der Waals surface area (Å²) in [5, 5.41) is 18.4. The Balaban J connectivity index is 3.03. The molecule has 0 unspecified atom stereocenters. The van der Waals surface area contributed by atoms with Crippen LogP contribution >= 0.6 is 21.6 Å². The number of aromatic carboxylic acids is 1. The highest BCUT2D eigenvalue weighted by Crippen LogP contribution is 2.41. The zero-order chi connectivity index (χ0) is 16.5. The smallest absolute Gasteiger partial charge is 0.336 e. The Morgan fingerprint density at radius 1 is 1.14 bits per heavy atom. The lowest BCUT2D eigenvalue weighted by atomic mass is 10.2. The summed E-state index contributed by atoms with van der Waals surface area (Å²) in [6.07, 6.45) is 6.77. The molecule has 0 amide bonds. The van der Waals surface area contributed by atoms with E-state index >= 15 is 0 Å². The zero-order valence-corrected chi connectivity index (χ0v) is 13.8. The molecule has 1 aromatic rings. The van der Waals surface area contributed by atoms with Crippen molar-refractivity contribution in [1.82, 2.24) is 0 Å². The fourth-order valence-corrected chi connectivity index (χ4v) is 3.92. The summed E-state index contributed by atoms with van der Waals surface area (Å²) in [4.78, 5) is 23.6. The van der Waals surface area contributed by atoms with Crippen LogP contribution in [0.25, 0.3) is 0 Å². The number of allylic oxidation sites excluding steroid dienone is 4. The second-order valence-electron chi connectivity index (χ2n) is 4.03. The van der Waals surface area contributed by atoms with Crippen molar-refractivity contribution in [3.8, 4) is 0 Å². The van der Waals surface area contributed by atoms with Gasteiger partial charge < -0.3 is 10.2 Å². The van der Waals surface area contributed by atoms with Crippen molar-refractivity contribution in [1.29, 1.82) is 0 Å². The highest BCUT2D eigenvalue weighted by molar-refractivity contribution is 8.78. The van der Waals surface area contributed by atoms with E-state index in [1.54, 1.807) is 43.4 Å². The van der Waals surface area contributed by atoms with Gasteiger partial charge in [0.2, 0.25) is 0 Å². The molecule has 0 atom stereocenters. The Hall–Kier alpha value is -1.92. The van der Waals surface area contributed by atoms with E-state index in [1.807, 2.05) is 6.92 Å². The third kappa shape index (κ3) is 5.13. The number of carboxylic acid groups (broad SMARTS) is 2. The molecule has 1 rings (SSSR count). The van der Waals surface area contributed by atoms with Gasteiger partial charge in [-0.1, -0.05) is 51.9 Å². The zero-order valence-electron chi connectivity index (χ0n) is 12.1. The van der Waals surface area contributed by atoms with Crippen LogP contribution in [0.2, 0.25) is 0 Å². The maximum Gasteiger partial charge on any atom is 0.336 e. The van der Waals surface area contributed by atoms with E-state index in [0.29, 0.717) is 9.80 Å². The first-order valence-corrected chi connectivity index (χ1v) is 8.56. The van der Waals surface area contributed by atoms with Crippen LogP contribution in [0.3, 0.4) is 0 Å². The first kappa shape index (κ1) is 18.1. The van der Waals surface area contributed by atoms with Crippen LogP contribution in [0.15, 0.2) is 63.9 Å². The average molecular weight is 336 g/mol. The van der Waals surface area contributed by atoms with E-state index in [0.717, 1.165) is 0 Å². The molecular weight excluding hydrogens is 320 g/mol. The monoisotopic (exact) mass is 336 g/mol. The summed E-state index contributed by atoms with van der Waals surface area (Å²) in [7, 11) is 2.45. The highest BCUT2D eigenvalue weighted by atomic mass is 33.1. The van der Waals surface area contributed by atoms with Crippen molar-refractivity contribution in [2.75, 3.05) is 0 Å². The fraction of sp³-hybridized carbons (Fsp3) is 0.125. The van der Waals surface area contributed by atoms with E-state index in [-0.39, 0.29) is 11.1 Å². The molecule has 0 bridgehead atoms. The van der Waals surface area contributed by atoms with Crippen molar-refractivity contribution in [3.05, 3.63) is 64.6 Å². The van der Waals surface area contributed by atoms with Crippen LogP contribution in [0.4, 0.5) is 0 Å². The Kier molecular flexibility index (Phi) is 7.56. The molecule has 0 aliphatic heterocycles. The van der Waals surface area contributed by atoms with Crippen molar-refractivity contribution < 1.29 is 19.8 Å². The lowest BCUT2D eigenvalue weighted by Crippen LogP contribution is -2.01. The number of carboxylic acids is 2. The van der Waals surface area contributed by atoms with E-state index in [2.05, 4.69) is 0 Å².